The Kier molecular flexibility index (Phi) is 3.94. The smallest absolute Gasteiger partial charge is 0.208 e. The Morgan fingerprint density at radius 1 is 1.24 bits per heavy atom. The van der Waals surface area contributed by atoms with Crippen molar-refractivity contribution in [3.63, 3.8) is 0 Å². The Bertz CT molecular complexity index is 491. The number of hydrogen-bond acceptors (Lipinski definition) is 2. The quantitative estimate of drug-likeness (QED) is 0.906. The largest absolute Gasteiger partial charge is 0.243 e. The number of rotatable bonds is 3. The van der Waals surface area contributed by atoms with Gasteiger partial charge in [0.25, 0.3) is 0 Å². The third-order valence-electron chi connectivity index (χ3n) is 2.76. The molecule has 0 unspecified atom stereocenters. The molecule has 0 bridgehead atoms. The molecule has 0 aliphatic heterocycles. The van der Waals surface area contributed by atoms with Crippen LogP contribution in [0.2, 0.25) is 0 Å². The van der Waals surface area contributed by atoms with E-state index in [1.807, 2.05) is 20.8 Å². The van der Waals surface area contributed by atoms with E-state index in [4.69, 9.17) is 0 Å². The van der Waals surface area contributed by atoms with Gasteiger partial charge in [-0.1, -0.05) is 32.9 Å². The zero-order valence-electron chi connectivity index (χ0n) is 10.5. The predicted octanol–water partition coefficient (Wildman–Crippen LogP) is 2.54. The van der Waals surface area contributed by atoms with Crippen LogP contribution in [0, 0.1) is 11.2 Å². The lowest BCUT2D eigenvalue weighted by Crippen LogP contribution is -2.41. The third kappa shape index (κ3) is 3.51. The van der Waals surface area contributed by atoms with Gasteiger partial charge >= 0.3 is 0 Å². The molecule has 0 spiro atoms. The Balaban J connectivity index is 3.03. The summed E-state index contributed by atoms with van der Waals surface area (Å²) in [7, 11) is -3.80. The monoisotopic (exact) mass is 259 g/mol. The van der Waals surface area contributed by atoms with Gasteiger partial charge in [-0.3, -0.25) is 0 Å². The Morgan fingerprint density at radius 3 is 2.24 bits per heavy atom. The fraction of sp³-hybridized carbons (Fsp3) is 0.500. The molecule has 0 amide bonds. The van der Waals surface area contributed by atoms with Gasteiger partial charge in [0.2, 0.25) is 10.0 Å². The summed E-state index contributed by atoms with van der Waals surface area (Å²) >= 11 is 0. The second kappa shape index (κ2) is 4.74. The van der Waals surface area contributed by atoms with Crippen molar-refractivity contribution < 1.29 is 12.8 Å². The molecular weight excluding hydrogens is 241 g/mol. The lowest BCUT2D eigenvalue weighted by molar-refractivity contribution is 0.317. The summed E-state index contributed by atoms with van der Waals surface area (Å²) in [5.74, 6) is -0.735. The fourth-order valence-corrected chi connectivity index (χ4v) is 2.66. The van der Waals surface area contributed by atoms with Crippen LogP contribution < -0.4 is 4.72 Å². The molecule has 0 radical (unpaired) electrons. The summed E-state index contributed by atoms with van der Waals surface area (Å²) in [6.07, 6.45) is 0. The van der Waals surface area contributed by atoms with Crippen LogP contribution in [0.25, 0.3) is 0 Å². The average molecular weight is 259 g/mol. The number of hydrogen-bond donors (Lipinski definition) is 1. The SMILES string of the molecule is C[C@H](NS(=O)(=O)c1ccccc1F)C(C)(C)C. The maximum Gasteiger partial charge on any atom is 0.243 e. The van der Waals surface area contributed by atoms with Gasteiger partial charge in [-0.25, -0.2) is 17.5 Å². The summed E-state index contributed by atoms with van der Waals surface area (Å²) in [6.45, 7) is 7.52. The molecule has 1 aromatic carbocycles. The minimum Gasteiger partial charge on any atom is -0.208 e. The zero-order chi connectivity index (χ0) is 13.3. The van der Waals surface area contributed by atoms with Crippen LogP contribution in [0.3, 0.4) is 0 Å². The standard InChI is InChI=1S/C12H18FNO2S/c1-9(12(2,3)4)14-17(15,16)11-8-6-5-7-10(11)13/h5-9,14H,1-4H3/t9-/m0/s1. The molecule has 1 N–H and O–H groups in total. The average Bonchev–Trinajstić information content (AvgIpc) is 2.15. The normalized spacial score (nSPS) is 14.6. The minimum absolute atomic E-state index is 0.224. The molecule has 0 aromatic heterocycles. The van der Waals surface area contributed by atoms with Gasteiger partial charge in [0, 0.05) is 6.04 Å². The van der Waals surface area contributed by atoms with Gasteiger partial charge in [-0.15, -0.1) is 0 Å². The van der Waals surface area contributed by atoms with Crippen LogP contribution in [0.15, 0.2) is 29.2 Å². The fourth-order valence-electron chi connectivity index (χ4n) is 1.14. The molecule has 0 heterocycles. The van der Waals surface area contributed by atoms with E-state index >= 15 is 0 Å². The molecule has 1 rings (SSSR count). The van der Waals surface area contributed by atoms with Crippen LogP contribution in [0.5, 0.6) is 0 Å². The maximum absolute atomic E-state index is 13.4. The molecule has 1 aromatic rings. The second-order valence-corrected chi connectivity index (χ2v) is 6.82. The molecule has 96 valence electrons. The highest BCUT2D eigenvalue weighted by Gasteiger charge is 2.27. The predicted molar refractivity (Wildman–Crippen MR) is 65.6 cm³/mol. The molecular formula is C12H18FNO2S. The zero-order valence-corrected chi connectivity index (χ0v) is 11.3. The first-order valence-electron chi connectivity index (χ1n) is 5.41. The van der Waals surface area contributed by atoms with E-state index in [1.54, 1.807) is 6.92 Å². The topological polar surface area (TPSA) is 46.2 Å². The first-order valence-corrected chi connectivity index (χ1v) is 6.90. The summed E-state index contributed by atoms with van der Waals surface area (Å²) < 4.78 is 39.8. The summed E-state index contributed by atoms with van der Waals surface area (Å²) in [6, 6.07) is 5.07. The van der Waals surface area contributed by atoms with Crippen LogP contribution in [-0.4, -0.2) is 14.5 Å². The highest BCUT2D eigenvalue weighted by Crippen LogP contribution is 2.21. The van der Waals surface area contributed by atoms with Crippen molar-refractivity contribution >= 4 is 10.0 Å². The Morgan fingerprint density at radius 2 is 1.76 bits per heavy atom. The molecule has 5 heteroatoms. The van der Waals surface area contributed by atoms with Crippen LogP contribution in [0.1, 0.15) is 27.7 Å². The molecule has 17 heavy (non-hydrogen) atoms. The van der Waals surface area contributed by atoms with Gasteiger partial charge in [0.15, 0.2) is 0 Å². The number of sulfonamides is 1. The molecule has 0 aliphatic carbocycles. The number of benzene rings is 1. The minimum atomic E-state index is -3.80. The van der Waals surface area contributed by atoms with E-state index in [0.717, 1.165) is 6.07 Å². The van der Waals surface area contributed by atoms with E-state index in [9.17, 15) is 12.8 Å². The summed E-state index contributed by atoms with van der Waals surface area (Å²) in [5, 5.41) is 0. The maximum atomic E-state index is 13.4. The summed E-state index contributed by atoms with van der Waals surface area (Å²) in [4.78, 5) is -0.309. The molecule has 0 saturated carbocycles. The van der Waals surface area contributed by atoms with Crippen LogP contribution >= 0.6 is 0 Å². The number of halogens is 1. The van der Waals surface area contributed by atoms with Gasteiger partial charge in [0.1, 0.15) is 10.7 Å². The Hall–Kier alpha value is -0.940. The van der Waals surface area contributed by atoms with E-state index in [0.29, 0.717) is 0 Å². The first kappa shape index (κ1) is 14.1. The molecule has 0 aliphatic rings. The van der Waals surface area contributed by atoms with Crippen molar-refractivity contribution in [1.82, 2.24) is 4.72 Å². The van der Waals surface area contributed by atoms with E-state index in [2.05, 4.69) is 4.72 Å². The summed E-state index contributed by atoms with van der Waals surface area (Å²) in [5.41, 5.74) is -0.224. The first-order chi connectivity index (χ1) is 7.64. The lowest BCUT2D eigenvalue weighted by Gasteiger charge is -2.27. The van der Waals surface area contributed by atoms with E-state index in [1.165, 1.54) is 18.2 Å². The lowest BCUT2D eigenvalue weighted by atomic mass is 9.89. The van der Waals surface area contributed by atoms with E-state index < -0.39 is 15.8 Å². The second-order valence-electron chi connectivity index (χ2n) is 5.14. The van der Waals surface area contributed by atoms with E-state index in [-0.39, 0.29) is 16.4 Å². The van der Waals surface area contributed by atoms with Gasteiger partial charge in [-0.2, -0.15) is 0 Å². The van der Waals surface area contributed by atoms with Crippen molar-refractivity contribution in [2.45, 2.75) is 38.6 Å². The van der Waals surface area contributed by atoms with Crippen molar-refractivity contribution in [2.24, 2.45) is 5.41 Å². The Labute approximate surface area is 102 Å². The molecule has 0 saturated heterocycles. The highest BCUT2D eigenvalue weighted by atomic mass is 32.2. The van der Waals surface area contributed by atoms with Crippen LogP contribution in [-0.2, 0) is 10.0 Å². The molecule has 1 atom stereocenters. The van der Waals surface area contributed by atoms with Crippen molar-refractivity contribution in [1.29, 1.82) is 0 Å². The van der Waals surface area contributed by atoms with Gasteiger partial charge < -0.3 is 0 Å². The molecule has 0 fully saturated rings. The van der Waals surface area contributed by atoms with Gasteiger partial charge in [-0.05, 0) is 24.5 Å². The highest BCUT2D eigenvalue weighted by molar-refractivity contribution is 7.89. The van der Waals surface area contributed by atoms with Crippen LogP contribution in [0.4, 0.5) is 4.39 Å². The third-order valence-corrected chi connectivity index (χ3v) is 4.33. The van der Waals surface area contributed by atoms with Crippen molar-refractivity contribution in [3.8, 4) is 0 Å². The van der Waals surface area contributed by atoms with Crippen molar-refractivity contribution in [3.05, 3.63) is 30.1 Å². The molecule has 3 nitrogen and oxygen atoms in total. The van der Waals surface area contributed by atoms with Gasteiger partial charge in [0.05, 0.1) is 0 Å². The van der Waals surface area contributed by atoms with Crippen molar-refractivity contribution in [2.75, 3.05) is 0 Å². The number of nitrogens with one attached hydrogen (secondary N) is 1.